The summed E-state index contributed by atoms with van der Waals surface area (Å²) in [7, 11) is -1.84. The molecule has 0 spiro atoms. The Balaban J connectivity index is 1.76. The van der Waals surface area contributed by atoms with Gasteiger partial charge in [-0.2, -0.15) is 0 Å². The fourth-order valence-corrected chi connectivity index (χ4v) is 4.70. The Labute approximate surface area is 126 Å². The minimum absolute atomic E-state index is 0.0944. The number of fused-ring (bicyclic) bond motifs is 1. The Bertz CT molecular complexity index is 798. The molecule has 0 atom stereocenters. The van der Waals surface area contributed by atoms with E-state index in [4.69, 9.17) is 0 Å². The number of hydrogen-bond donors (Lipinski definition) is 0. The van der Waals surface area contributed by atoms with E-state index in [9.17, 15) is 13.2 Å². The molecule has 0 bridgehead atoms. The van der Waals surface area contributed by atoms with Gasteiger partial charge in [0.25, 0.3) is 15.9 Å². The quantitative estimate of drug-likeness (QED) is 0.794. The zero-order valence-corrected chi connectivity index (χ0v) is 12.9. The number of benzene rings is 1. The van der Waals surface area contributed by atoms with Crippen molar-refractivity contribution in [1.82, 2.24) is 13.9 Å². The van der Waals surface area contributed by atoms with Crippen molar-refractivity contribution in [2.24, 2.45) is 7.05 Å². The third-order valence-corrected chi connectivity index (χ3v) is 6.09. The van der Waals surface area contributed by atoms with Crippen LogP contribution in [-0.2, 0) is 17.1 Å². The highest BCUT2D eigenvalue weighted by molar-refractivity contribution is 7.99. The molecule has 0 N–H and O–H groups in total. The molecule has 0 saturated heterocycles. The van der Waals surface area contributed by atoms with E-state index >= 15 is 0 Å². The summed E-state index contributed by atoms with van der Waals surface area (Å²) in [6.45, 7) is 0.132. The Hall–Kier alpha value is -1.80. The Morgan fingerprint density at radius 1 is 1.29 bits per heavy atom. The maximum absolute atomic E-state index is 12.3. The van der Waals surface area contributed by atoms with E-state index < -0.39 is 15.9 Å². The van der Waals surface area contributed by atoms with Gasteiger partial charge in [-0.1, -0.05) is 23.9 Å². The first-order valence-corrected chi connectivity index (χ1v) is 8.70. The molecule has 1 aromatic carbocycles. The molecule has 1 aliphatic rings. The topological polar surface area (TPSA) is 72.3 Å². The lowest BCUT2D eigenvalue weighted by Gasteiger charge is -2.14. The summed E-state index contributed by atoms with van der Waals surface area (Å²) in [6, 6.07) is 6.30. The van der Waals surface area contributed by atoms with Crippen LogP contribution in [0.1, 0.15) is 10.4 Å². The Morgan fingerprint density at radius 2 is 2.05 bits per heavy atom. The molecule has 6 nitrogen and oxygen atoms in total. The maximum Gasteiger partial charge on any atom is 0.269 e. The van der Waals surface area contributed by atoms with Gasteiger partial charge in [0.05, 0.1) is 5.56 Å². The molecule has 0 unspecified atom stereocenters. The predicted molar refractivity (Wildman–Crippen MR) is 78.6 cm³/mol. The average Bonchev–Trinajstić information content (AvgIpc) is 2.95. The SMILES string of the molecule is Cn1ccnc1SCCN1C(=O)c2ccccc2S1(=O)=O. The highest BCUT2D eigenvalue weighted by atomic mass is 32.2. The van der Waals surface area contributed by atoms with Gasteiger partial charge in [-0.3, -0.25) is 4.79 Å². The van der Waals surface area contributed by atoms with Crippen LogP contribution in [0.5, 0.6) is 0 Å². The normalized spacial score (nSPS) is 16.2. The Morgan fingerprint density at radius 3 is 2.71 bits per heavy atom. The third-order valence-electron chi connectivity index (χ3n) is 3.21. The number of rotatable bonds is 4. The highest BCUT2D eigenvalue weighted by Gasteiger charge is 2.40. The minimum Gasteiger partial charge on any atom is -0.329 e. The number of carbonyl (C=O) groups is 1. The molecule has 1 amide bonds. The molecule has 0 radical (unpaired) electrons. The van der Waals surface area contributed by atoms with Crippen molar-refractivity contribution < 1.29 is 13.2 Å². The summed E-state index contributed by atoms with van der Waals surface area (Å²) in [5.41, 5.74) is 0.250. The fraction of sp³-hybridized carbons (Fsp3) is 0.231. The molecule has 0 fully saturated rings. The molecule has 1 aliphatic heterocycles. The zero-order valence-electron chi connectivity index (χ0n) is 11.3. The fourth-order valence-electron chi connectivity index (χ4n) is 2.16. The summed E-state index contributed by atoms with van der Waals surface area (Å²) in [5, 5.41) is 0.788. The molecule has 8 heteroatoms. The number of imidazole rings is 1. The first kappa shape index (κ1) is 14.2. The van der Waals surface area contributed by atoms with E-state index in [1.54, 1.807) is 24.4 Å². The van der Waals surface area contributed by atoms with Crippen LogP contribution in [0.3, 0.4) is 0 Å². The summed E-state index contributed by atoms with van der Waals surface area (Å²) < 4.78 is 27.4. The number of carbonyl (C=O) groups excluding carboxylic acids is 1. The van der Waals surface area contributed by atoms with Crippen molar-refractivity contribution >= 4 is 27.7 Å². The van der Waals surface area contributed by atoms with Crippen molar-refractivity contribution in [3.05, 3.63) is 42.2 Å². The predicted octanol–water partition coefficient (Wildman–Crippen LogP) is 1.36. The number of nitrogens with zero attached hydrogens (tertiary/aromatic N) is 3. The number of aryl methyl sites for hydroxylation is 1. The number of hydrogen-bond acceptors (Lipinski definition) is 5. The van der Waals surface area contributed by atoms with Crippen LogP contribution in [0.25, 0.3) is 0 Å². The number of aromatic nitrogens is 2. The minimum atomic E-state index is -3.70. The van der Waals surface area contributed by atoms with Crippen LogP contribution >= 0.6 is 11.8 Å². The smallest absolute Gasteiger partial charge is 0.269 e. The lowest BCUT2D eigenvalue weighted by atomic mass is 10.2. The van der Waals surface area contributed by atoms with E-state index in [0.29, 0.717) is 5.75 Å². The van der Waals surface area contributed by atoms with E-state index in [1.165, 1.54) is 17.8 Å². The van der Waals surface area contributed by atoms with Crippen molar-refractivity contribution in [3.8, 4) is 0 Å². The summed E-state index contributed by atoms with van der Waals surface area (Å²) in [6.07, 6.45) is 3.49. The first-order chi connectivity index (χ1) is 10.0. The molecule has 2 aromatic rings. The molecule has 1 aromatic heterocycles. The largest absolute Gasteiger partial charge is 0.329 e. The standard InChI is InChI=1S/C13H13N3O3S2/c1-15-7-6-14-13(15)20-9-8-16-12(17)10-4-2-3-5-11(10)21(16,18)19/h2-7H,8-9H2,1H3. The van der Waals surface area contributed by atoms with Crippen LogP contribution in [0.15, 0.2) is 46.7 Å². The molecule has 2 heterocycles. The number of thioether (sulfide) groups is 1. The third kappa shape index (κ3) is 2.34. The van der Waals surface area contributed by atoms with Crippen LogP contribution in [0, 0.1) is 0 Å². The molecular formula is C13H13N3O3S2. The monoisotopic (exact) mass is 323 g/mol. The zero-order chi connectivity index (χ0) is 15.0. The van der Waals surface area contributed by atoms with Gasteiger partial charge in [-0.25, -0.2) is 17.7 Å². The number of amides is 1. The van der Waals surface area contributed by atoms with Gasteiger partial charge in [0.1, 0.15) is 4.90 Å². The van der Waals surface area contributed by atoms with Crippen molar-refractivity contribution in [2.45, 2.75) is 10.1 Å². The van der Waals surface area contributed by atoms with Crippen LogP contribution in [0.2, 0.25) is 0 Å². The van der Waals surface area contributed by atoms with Gasteiger partial charge < -0.3 is 4.57 Å². The van der Waals surface area contributed by atoms with Gasteiger partial charge in [-0.15, -0.1) is 0 Å². The van der Waals surface area contributed by atoms with E-state index in [2.05, 4.69) is 4.98 Å². The van der Waals surface area contributed by atoms with Gasteiger partial charge in [0.2, 0.25) is 0 Å². The van der Waals surface area contributed by atoms with E-state index in [0.717, 1.165) is 9.46 Å². The average molecular weight is 323 g/mol. The molecule has 0 aliphatic carbocycles. The van der Waals surface area contributed by atoms with E-state index in [-0.39, 0.29) is 17.0 Å². The van der Waals surface area contributed by atoms with Crippen LogP contribution in [-0.4, -0.2) is 40.5 Å². The van der Waals surface area contributed by atoms with Gasteiger partial charge in [0, 0.05) is 31.7 Å². The van der Waals surface area contributed by atoms with Crippen LogP contribution < -0.4 is 0 Å². The number of sulfonamides is 1. The molecule has 3 rings (SSSR count). The Kier molecular flexibility index (Phi) is 3.50. The first-order valence-electron chi connectivity index (χ1n) is 6.28. The maximum atomic E-state index is 12.3. The van der Waals surface area contributed by atoms with Crippen LogP contribution in [0.4, 0.5) is 0 Å². The summed E-state index contributed by atoms with van der Waals surface area (Å²) in [5.74, 6) is 0.00937. The second kappa shape index (κ2) is 5.19. The molecule has 21 heavy (non-hydrogen) atoms. The highest BCUT2D eigenvalue weighted by Crippen LogP contribution is 2.30. The van der Waals surface area contributed by atoms with E-state index in [1.807, 2.05) is 17.8 Å². The molecule has 0 saturated carbocycles. The van der Waals surface area contributed by atoms with Crippen molar-refractivity contribution in [2.75, 3.05) is 12.3 Å². The lowest BCUT2D eigenvalue weighted by Crippen LogP contribution is -2.32. The van der Waals surface area contributed by atoms with Gasteiger partial charge in [0.15, 0.2) is 5.16 Å². The second-order valence-corrected chi connectivity index (χ2v) is 7.44. The second-order valence-electron chi connectivity index (χ2n) is 4.55. The van der Waals surface area contributed by atoms with Gasteiger partial charge in [-0.05, 0) is 12.1 Å². The molecular weight excluding hydrogens is 310 g/mol. The lowest BCUT2D eigenvalue weighted by molar-refractivity contribution is 0.0876. The summed E-state index contributed by atoms with van der Waals surface area (Å²) >= 11 is 1.42. The molecule has 110 valence electrons. The van der Waals surface area contributed by atoms with Gasteiger partial charge >= 0.3 is 0 Å². The van der Waals surface area contributed by atoms with Crippen molar-refractivity contribution in [3.63, 3.8) is 0 Å². The summed E-state index contributed by atoms with van der Waals surface area (Å²) in [4.78, 5) is 16.4. The van der Waals surface area contributed by atoms with Crippen molar-refractivity contribution in [1.29, 1.82) is 0 Å².